The van der Waals surface area contributed by atoms with Crippen LogP contribution in [0, 0.1) is 0 Å². The molecule has 0 N–H and O–H groups in total. The van der Waals surface area contributed by atoms with E-state index in [0.717, 1.165) is 49.9 Å². The van der Waals surface area contributed by atoms with Gasteiger partial charge in [0.05, 0.1) is 66.2 Å². The minimum absolute atomic E-state index is 0.590. The summed E-state index contributed by atoms with van der Waals surface area (Å²) in [6.45, 7) is 0. The lowest BCUT2D eigenvalue weighted by atomic mass is 9.98. The second-order valence-corrected chi connectivity index (χ2v) is 35.4. The summed E-state index contributed by atoms with van der Waals surface area (Å²) in [7, 11) is 0. The van der Waals surface area contributed by atoms with Crippen LogP contribution in [0.3, 0.4) is 0 Å². The Morgan fingerprint density at radius 1 is 0.109 bits per heavy atom. The van der Waals surface area contributed by atoms with E-state index >= 15 is 0 Å². The Morgan fingerprint density at radius 2 is 0.319 bits per heavy atom. The van der Waals surface area contributed by atoms with Crippen LogP contribution in [0.1, 0.15) is 0 Å². The molecular weight excluding hydrogens is 1680 g/mol. The molecule has 0 saturated carbocycles. The lowest BCUT2D eigenvalue weighted by Gasteiger charge is -2.14. The van der Waals surface area contributed by atoms with Gasteiger partial charge in [0.1, 0.15) is 0 Å². The smallest absolute Gasteiger partial charge is 0.238 e. The van der Waals surface area contributed by atoms with Crippen molar-refractivity contribution in [3.63, 3.8) is 0 Å². The Bertz CT molecular complexity index is 9280. The van der Waals surface area contributed by atoms with Gasteiger partial charge in [0.15, 0.2) is 11.6 Å². The van der Waals surface area contributed by atoms with Crippen LogP contribution in [0.15, 0.2) is 516 Å². The largest absolute Gasteiger partial charge is 0.309 e. The Balaban J connectivity index is 0.000000108. The first kappa shape index (κ1) is 80.3. The molecule has 138 heavy (non-hydrogen) atoms. The maximum Gasteiger partial charge on any atom is 0.238 e. The molecule has 0 aliphatic carbocycles. The van der Waals surface area contributed by atoms with Gasteiger partial charge in [-0.3, -0.25) is 4.57 Å². The van der Waals surface area contributed by atoms with Crippen molar-refractivity contribution in [3.8, 4) is 113 Å². The highest BCUT2D eigenvalue weighted by Gasteiger charge is 2.24. The van der Waals surface area contributed by atoms with Crippen molar-refractivity contribution in [1.82, 2.24) is 42.4 Å². The minimum atomic E-state index is 0.590. The van der Waals surface area contributed by atoms with Gasteiger partial charge >= 0.3 is 0 Å². The SMILES string of the molecule is c1ccc(-c2cc(-c3ccccc3)cc(-n3c4ccccc4c4ccc(-c5ccc6c7ccccc7n(-c7ccccc7)c6c5)cc43)c2)cc1.c1ccc(-c2nc(-c3ccccc3)nc(-n3c4ccccc4c4cc(-c5ccc6c(c5)c5ccccc5n6-c5ccccc5)ccc43)n2)cc1.c1ccc(-n2c3ccccc3c3ccc(-c4ccc5c6ccccc6n(-c6ccccc6)c5c4)cc32)cc1. The van der Waals surface area contributed by atoms with Crippen LogP contribution in [0.5, 0.6) is 0 Å². The average molecular weight is 1760 g/mol. The fourth-order valence-corrected chi connectivity index (χ4v) is 21.1. The van der Waals surface area contributed by atoms with E-state index in [1.807, 2.05) is 60.7 Å². The number of hydrogen-bond donors (Lipinski definition) is 0. The van der Waals surface area contributed by atoms with E-state index in [1.165, 1.54) is 176 Å². The van der Waals surface area contributed by atoms with Crippen molar-refractivity contribution in [1.29, 1.82) is 0 Å². The Hall–Kier alpha value is -18.6. The van der Waals surface area contributed by atoms with Gasteiger partial charge in [-0.2, -0.15) is 9.97 Å². The molecule has 21 aromatic carbocycles. The molecule has 28 rings (SSSR count). The minimum Gasteiger partial charge on any atom is -0.309 e. The third-order valence-electron chi connectivity index (χ3n) is 27.4. The van der Waals surface area contributed by atoms with Gasteiger partial charge in [0.2, 0.25) is 5.95 Å². The summed E-state index contributed by atoms with van der Waals surface area (Å²) < 4.78 is 14.1. The van der Waals surface area contributed by atoms with Crippen molar-refractivity contribution in [2.24, 2.45) is 0 Å². The van der Waals surface area contributed by atoms with Gasteiger partial charge in [0, 0.05) is 104 Å². The van der Waals surface area contributed by atoms with E-state index in [9.17, 15) is 0 Å². The van der Waals surface area contributed by atoms with Crippen LogP contribution in [-0.2, 0) is 0 Å². The highest BCUT2D eigenvalue weighted by molar-refractivity contribution is 6.17. The highest BCUT2D eigenvalue weighted by atomic mass is 15.2. The van der Waals surface area contributed by atoms with Crippen molar-refractivity contribution < 1.29 is 0 Å². The highest BCUT2D eigenvalue weighted by Crippen LogP contribution is 2.45. The number of rotatable bonds is 13. The summed E-state index contributed by atoms with van der Waals surface area (Å²) >= 11 is 0. The molecule has 0 aliphatic heterocycles. The molecule has 7 heterocycles. The number of nitrogens with zero attached hydrogens (tertiary/aromatic N) is 9. The van der Waals surface area contributed by atoms with Crippen LogP contribution in [0.4, 0.5) is 0 Å². The fourth-order valence-electron chi connectivity index (χ4n) is 21.1. The summed E-state index contributed by atoms with van der Waals surface area (Å²) in [6, 6.07) is 185. The van der Waals surface area contributed by atoms with E-state index in [2.05, 4.69) is 482 Å². The second kappa shape index (κ2) is 33.9. The van der Waals surface area contributed by atoms with E-state index in [4.69, 9.17) is 15.0 Å². The maximum absolute atomic E-state index is 5.08. The molecule has 0 amide bonds. The van der Waals surface area contributed by atoms with Crippen LogP contribution < -0.4 is 0 Å². The number of hydrogen-bond acceptors (Lipinski definition) is 3. The van der Waals surface area contributed by atoms with Crippen molar-refractivity contribution in [2.75, 3.05) is 0 Å². The molecule has 646 valence electrons. The van der Waals surface area contributed by atoms with Crippen LogP contribution in [0.2, 0.25) is 0 Å². The molecule has 9 heteroatoms. The standard InChI is InChI=1S/C48H32N2.C45H29N5.C36H24N2/c1-4-14-33(15-5-1)37-28-38(34-16-6-2-7-17-34)30-40(29-37)50-46-23-13-11-21-42(46)44-27-25-36(32-48(44)50)35-24-26-43-41-20-10-12-22-45(41)49(47(43)31-35)39-18-8-3-9-19-39;1-4-14-30(15-5-1)43-46-44(31-16-6-2-7-17-31)48-45(47-43)50-40-23-13-11-21-36(40)38-29-33(25-27-42(38)50)32-24-26-41-37(28-32)35-20-10-12-22-39(35)49(41)34-18-8-3-9-19-34;1-3-11-27(12-4-1)37-33-17-9-7-15-29(33)31-21-19-25(23-35(31)37)26-20-22-32-30-16-8-10-18-34(30)38(36(32)24-26)28-13-5-2-6-14-28/h1-32H;1-29H;1-24H. The first-order valence-electron chi connectivity index (χ1n) is 47.0. The number of aromatic nitrogens is 9. The molecule has 0 atom stereocenters. The Kier molecular flexibility index (Phi) is 19.7. The predicted molar refractivity (Wildman–Crippen MR) is 577 cm³/mol. The zero-order chi connectivity index (χ0) is 91.1. The first-order chi connectivity index (χ1) is 68.5. The fraction of sp³-hybridized carbons (Fsp3) is 0. The zero-order valence-corrected chi connectivity index (χ0v) is 75.1. The third-order valence-corrected chi connectivity index (χ3v) is 27.4. The third kappa shape index (κ3) is 14.0. The van der Waals surface area contributed by atoms with Gasteiger partial charge in [-0.1, -0.05) is 364 Å². The van der Waals surface area contributed by atoms with Gasteiger partial charge in [0.25, 0.3) is 0 Å². The van der Waals surface area contributed by atoms with E-state index in [-0.39, 0.29) is 0 Å². The summed E-state index contributed by atoms with van der Waals surface area (Å²) in [4.78, 5) is 15.1. The monoisotopic (exact) mass is 1760 g/mol. The normalized spacial score (nSPS) is 11.6. The first-order valence-corrected chi connectivity index (χ1v) is 47.0. The molecule has 9 nitrogen and oxygen atoms in total. The number of fused-ring (bicyclic) bond motifs is 18. The average Bonchev–Trinajstić information content (AvgIpc) is 1.57. The van der Waals surface area contributed by atoms with Crippen LogP contribution in [-0.4, -0.2) is 42.4 Å². The summed E-state index contributed by atoms with van der Waals surface area (Å²) in [5.41, 5.74) is 33.8. The molecule has 0 saturated heterocycles. The lowest BCUT2D eigenvalue weighted by Crippen LogP contribution is -2.06. The predicted octanol–water partition coefficient (Wildman–Crippen LogP) is 33.5. The second-order valence-electron chi connectivity index (χ2n) is 35.4. The topological polar surface area (TPSA) is 68.2 Å². The Labute approximate surface area is 796 Å². The number of benzene rings is 21. The summed E-state index contributed by atoms with van der Waals surface area (Å²) in [5, 5.41) is 14.9. The van der Waals surface area contributed by atoms with Gasteiger partial charge in [-0.25, -0.2) is 4.98 Å². The number of para-hydroxylation sites is 10. The van der Waals surface area contributed by atoms with Crippen LogP contribution >= 0.6 is 0 Å². The van der Waals surface area contributed by atoms with Crippen molar-refractivity contribution >= 4 is 131 Å². The van der Waals surface area contributed by atoms with E-state index in [1.54, 1.807) is 0 Å². The van der Waals surface area contributed by atoms with E-state index in [0.29, 0.717) is 17.6 Å². The molecule has 7 aromatic heterocycles. The zero-order valence-electron chi connectivity index (χ0n) is 75.1. The molecule has 0 fully saturated rings. The maximum atomic E-state index is 5.08. The molecule has 0 spiro atoms. The molecule has 0 unspecified atom stereocenters. The van der Waals surface area contributed by atoms with Crippen molar-refractivity contribution in [3.05, 3.63) is 516 Å². The molecule has 0 radical (unpaired) electrons. The molecule has 28 aromatic rings. The van der Waals surface area contributed by atoms with Gasteiger partial charge < -0.3 is 22.8 Å². The quantitative estimate of drug-likeness (QED) is 0.116. The van der Waals surface area contributed by atoms with Crippen LogP contribution in [0.25, 0.3) is 244 Å². The van der Waals surface area contributed by atoms with Gasteiger partial charge in [-0.05, 0) is 207 Å². The summed E-state index contributed by atoms with van der Waals surface area (Å²) in [6.07, 6.45) is 0. The molecule has 0 aliphatic rings. The summed E-state index contributed by atoms with van der Waals surface area (Å²) in [5.74, 6) is 1.87. The molecule has 0 bridgehead atoms. The molecular formula is C129H85N9. The Morgan fingerprint density at radius 3 is 0.623 bits per heavy atom. The van der Waals surface area contributed by atoms with E-state index < -0.39 is 0 Å². The van der Waals surface area contributed by atoms with Gasteiger partial charge in [-0.15, -0.1) is 0 Å². The lowest BCUT2D eigenvalue weighted by molar-refractivity contribution is 0.953. The van der Waals surface area contributed by atoms with Crippen molar-refractivity contribution in [2.45, 2.75) is 0 Å².